The van der Waals surface area contributed by atoms with Crippen molar-refractivity contribution in [1.82, 2.24) is 0 Å². The van der Waals surface area contributed by atoms with E-state index in [1.54, 1.807) is 13.8 Å². The van der Waals surface area contributed by atoms with Crippen LogP contribution in [0.15, 0.2) is 18.2 Å². The molecule has 1 rings (SSSR count). The van der Waals surface area contributed by atoms with Gasteiger partial charge in [-0.1, -0.05) is 26.0 Å². The maximum atomic E-state index is 13.1. The third-order valence-corrected chi connectivity index (χ3v) is 1.84. The Morgan fingerprint density at radius 1 is 1.20 bits per heavy atom. The lowest BCUT2D eigenvalue weighted by molar-refractivity contribution is -0.275. The van der Waals surface area contributed by atoms with Crippen LogP contribution in [-0.2, 0) is 0 Å². The molecule has 0 aliphatic rings. The van der Waals surface area contributed by atoms with Gasteiger partial charge in [-0.2, -0.15) is 0 Å². The van der Waals surface area contributed by atoms with Gasteiger partial charge in [0, 0.05) is 5.56 Å². The zero-order chi connectivity index (χ0) is 11.6. The van der Waals surface area contributed by atoms with Gasteiger partial charge >= 0.3 is 6.36 Å². The van der Waals surface area contributed by atoms with Crippen LogP contribution in [0.5, 0.6) is 5.75 Å². The Hall–Kier alpha value is -1.26. The first-order chi connectivity index (χ1) is 6.81. The molecule has 1 nitrogen and oxygen atoms in total. The molecule has 5 heteroatoms. The van der Waals surface area contributed by atoms with Crippen molar-refractivity contribution < 1.29 is 22.3 Å². The van der Waals surface area contributed by atoms with Crippen LogP contribution in [0.25, 0.3) is 0 Å². The van der Waals surface area contributed by atoms with Crippen LogP contribution in [0.3, 0.4) is 0 Å². The third kappa shape index (κ3) is 3.11. The Morgan fingerprint density at radius 3 is 2.27 bits per heavy atom. The summed E-state index contributed by atoms with van der Waals surface area (Å²) in [5, 5.41) is 0. The zero-order valence-electron chi connectivity index (χ0n) is 8.23. The lowest BCUT2D eigenvalue weighted by atomic mass is 10.0. The minimum atomic E-state index is -4.87. The Bertz CT molecular complexity index is 344. The van der Waals surface area contributed by atoms with Gasteiger partial charge in [0.2, 0.25) is 0 Å². The van der Waals surface area contributed by atoms with E-state index < -0.39 is 17.9 Å². The Kier molecular flexibility index (Phi) is 3.21. The summed E-state index contributed by atoms with van der Waals surface area (Å²) in [6, 6.07) is 3.70. The molecule has 1 aromatic carbocycles. The molecular weight excluding hydrogens is 212 g/mol. The number of hydrogen-bond donors (Lipinski definition) is 0. The molecule has 0 radical (unpaired) electrons. The molecule has 0 N–H and O–H groups in total. The highest BCUT2D eigenvalue weighted by Gasteiger charge is 2.33. The number of ether oxygens (including phenoxy) is 1. The molecule has 0 fully saturated rings. The van der Waals surface area contributed by atoms with Crippen molar-refractivity contribution in [1.29, 1.82) is 0 Å². The largest absolute Gasteiger partial charge is 0.573 e. The SMILES string of the molecule is CC(C)c1cccc(F)c1OC(F)(F)F. The molecule has 0 saturated heterocycles. The van der Waals surface area contributed by atoms with E-state index in [9.17, 15) is 17.6 Å². The van der Waals surface area contributed by atoms with Gasteiger partial charge in [0.15, 0.2) is 11.6 Å². The Morgan fingerprint density at radius 2 is 1.80 bits per heavy atom. The summed E-state index contributed by atoms with van der Waals surface area (Å²) in [6.07, 6.45) is -4.87. The number of para-hydroxylation sites is 1. The van der Waals surface area contributed by atoms with Crippen LogP contribution in [0, 0.1) is 5.82 Å². The fraction of sp³-hybridized carbons (Fsp3) is 0.400. The summed E-state index contributed by atoms with van der Waals surface area (Å²) in [5.41, 5.74) is 0.201. The summed E-state index contributed by atoms with van der Waals surface area (Å²) >= 11 is 0. The summed E-state index contributed by atoms with van der Waals surface area (Å²) in [6.45, 7) is 3.33. The number of alkyl halides is 3. The lowest BCUT2D eigenvalue weighted by Gasteiger charge is -2.15. The highest BCUT2D eigenvalue weighted by atomic mass is 19.4. The lowest BCUT2D eigenvalue weighted by Crippen LogP contribution is -2.19. The number of benzene rings is 1. The molecule has 0 aliphatic heterocycles. The molecule has 0 aromatic heterocycles. The van der Waals surface area contributed by atoms with E-state index in [2.05, 4.69) is 4.74 Å². The van der Waals surface area contributed by atoms with E-state index in [4.69, 9.17) is 0 Å². The van der Waals surface area contributed by atoms with Crippen LogP contribution in [0.1, 0.15) is 25.3 Å². The third-order valence-electron chi connectivity index (χ3n) is 1.84. The van der Waals surface area contributed by atoms with Crippen molar-refractivity contribution in [3.63, 3.8) is 0 Å². The van der Waals surface area contributed by atoms with Crippen LogP contribution >= 0.6 is 0 Å². The quantitative estimate of drug-likeness (QED) is 0.690. The van der Waals surface area contributed by atoms with E-state index in [0.717, 1.165) is 6.07 Å². The van der Waals surface area contributed by atoms with Crippen molar-refractivity contribution in [2.24, 2.45) is 0 Å². The molecule has 0 unspecified atom stereocenters. The van der Waals surface area contributed by atoms with E-state index in [0.29, 0.717) is 0 Å². The summed E-state index contributed by atoms with van der Waals surface area (Å²) in [5.74, 6) is -1.98. The van der Waals surface area contributed by atoms with Gasteiger partial charge < -0.3 is 4.74 Å². The fourth-order valence-corrected chi connectivity index (χ4v) is 1.20. The van der Waals surface area contributed by atoms with Crippen molar-refractivity contribution in [3.8, 4) is 5.75 Å². The second kappa shape index (κ2) is 4.08. The molecule has 84 valence electrons. The summed E-state index contributed by atoms with van der Waals surface area (Å²) in [7, 11) is 0. The molecule has 0 saturated carbocycles. The first-order valence-corrected chi connectivity index (χ1v) is 4.35. The zero-order valence-corrected chi connectivity index (χ0v) is 8.23. The fourth-order valence-electron chi connectivity index (χ4n) is 1.20. The van der Waals surface area contributed by atoms with E-state index in [-0.39, 0.29) is 11.5 Å². The van der Waals surface area contributed by atoms with Gasteiger partial charge in [-0.25, -0.2) is 4.39 Å². The van der Waals surface area contributed by atoms with Gasteiger partial charge in [0.1, 0.15) is 0 Å². The Balaban J connectivity index is 3.14. The van der Waals surface area contributed by atoms with Crippen molar-refractivity contribution in [3.05, 3.63) is 29.6 Å². The topological polar surface area (TPSA) is 9.23 Å². The van der Waals surface area contributed by atoms with Gasteiger partial charge in [-0.05, 0) is 12.0 Å². The molecule has 15 heavy (non-hydrogen) atoms. The highest BCUT2D eigenvalue weighted by molar-refractivity contribution is 5.37. The first kappa shape index (κ1) is 11.8. The van der Waals surface area contributed by atoms with Gasteiger partial charge in [-0.15, -0.1) is 13.2 Å². The van der Waals surface area contributed by atoms with Gasteiger partial charge in [0.25, 0.3) is 0 Å². The number of rotatable bonds is 2. The minimum absolute atomic E-state index is 0.201. The average Bonchev–Trinajstić information content (AvgIpc) is 2.05. The normalized spacial score (nSPS) is 11.9. The highest BCUT2D eigenvalue weighted by Crippen LogP contribution is 2.33. The molecule has 0 aliphatic carbocycles. The van der Waals surface area contributed by atoms with Crippen molar-refractivity contribution in [2.75, 3.05) is 0 Å². The van der Waals surface area contributed by atoms with Crippen LogP contribution in [0.2, 0.25) is 0 Å². The molecule has 0 spiro atoms. The van der Waals surface area contributed by atoms with Crippen LogP contribution in [0.4, 0.5) is 17.6 Å². The molecule has 0 bridgehead atoms. The smallest absolute Gasteiger partial charge is 0.402 e. The monoisotopic (exact) mass is 222 g/mol. The van der Waals surface area contributed by atoms with Gasteiger partial charge in [0.05, 0.1) is 0 Å². The molecule has 0 atom stereocenters. The van der Waals surface area contributed by atoms with Crippen LogP contribution in [-0.4, -0.2) is 6.36 Å². The molecule has 0 heterocycles. The number of hydrogen-bond acceptors (Lipinski definition) is 1. The number of halogens is 4. The van der Waals surface area contributed by atoms with Crippen LogP contribution < -0.4 is 4.74 Å². The second-order valence-corrected chi connectivity index (χ2v) is 3.36. The van der Waals surface area contributed by atoms with Crippen molar-refractivity contribution in [2.45, 2.75) is 26.1 Å². The second-order valence-electron chi connectivity index (χ2n) is 3.36. The summed E-state index contributed by atoms with van der Waals surface area (Å²) in [4.78, 5) is 0. The van der Waals surface area contributed by atoms with E-state index >= 15 is 0 Å². The maximum absolute atomic E-state index is 13.1. The standard InChI is InChI=1S/C10H10F4O/c1-6(2)7-4-3-5-8(11)9(7)15-10(12,13)14/h3-6H,1-2H3. The first-order valence-electron chi connectivity index (χ1n) is 4.35. The summed E-state index contributed by atoms with van der Waals surface area (Å²) < 4.78 is 52.7. The van der Waals surface area contributed by atoms with E-state index in [1.165, 1.54) is 12.1 Å². The molecule has 1 aromatic rings. The predicted octanol–water partition coefficient (Wildman–Crippen LogP) is 3.85. The predicted molar refractivity (Wildman–Crippen MR) is 47.2 cm³/mol. The Labute approximate surface area is 84.7 Å². The molecular formula is C10H10F4O. The van der Waals surface area contributed by atoms with Gasteiger partial charge in [-0.3, -0.25) is 0 Å². The average molecular weight is 222 g/mol. The maximum Gasteiger partial charge on any atom is 0.573 e. The minimum Gasteiger partial charge on any atom is -0.402 e. The van der Waals surface area contributed by atoms with E-state index in [1.807, 2.05) is 0 Å². The molecule has 0 amide bonds. The van der Waals surface area contributed by atoms with Crippen molar-refractivity contribution >= 4 is 0 Å².